The van der Waals surface area contributed by atoms with Gasteiger partial charge in [-0.25, -0.2) is 9.78 Å². The number of primary amides is 1. The number of hydrogen-bond acceptors (Lipinski definition) is 8. The number of nitrogens with one attached hydrogen (secondary N) is 5. The summed E-state index contributed by atoms with van der Waals surface area (Å²) in [5.74, 6) is -4.63. The molecule has 214 valence electrons. The summed E-state index contributed by atoms with van der Waals surface area (Å²) in [6.45, 7) is -0.898. The van der Waals surface area contributed by atoms with E-state index in [1.54, 1.807) is 6.20 Å². The van der Waals surface area contributed by atoms with Gasteiger partial charge in [-0.1, -0.05) is 18.2 Å². The molecule has 0 saturated carbocycles. The van der Waals surface area contributed by atoms with Crippen LogP contribution in [-0.2, 0) is 36.8 Å². The highest BCUT2D eigenvalue weighted by molar-refractivity contribution is 5.95. The molecule has 0 spiro atoms. The van der Waals surface area contributed by atoms with Crippen molar-refractivity contribution in [2.45, 2.75) is 49.9 Å². The summed E-state index contributed by atoms with van der Waals surface area (Å²) in [5, 5.41) is 26.5. The zero-order chi connectivity index (χ0) is 29.2. The predicted molar refractivity (Wildman–Crippen MR) is 141 cm³/mol. The van der Waals surface area contributed by atoms with Crippen LogP contribution in [0, 0.1) is 0 Å². The summed E-state index contributed by atoms with van der Waals surface area (Å²) in [5.41, 5.74) is 13.4. The van der Waals surface area contributed by atoms with Gasteiger partial charge in [0.25, 0.3) is 0 Å². The van der Waals surface area contributed by atoms with Crippen LogP contribution in [-0.4, -0.2) is 85.5 Å². The lowest BCUT2D eigenvalue weighted by molar-refractivity contribution is -0.143. The molecule has 11 N–H and O–H groups in total. The van der Waals surface area contributed by atoms with Gasteiger partial charge < -0.3 is 47.6 Å². The number of hydrogen-bond donors (Lipinski definition) is 9. The maximum Gasteiger partial charge on any atom is 0.328 e. The molecule has 1 aromatic carbocycles. The Morgan fingerprint density at radius 3 is 2.25 bits per heavy atom. The van der Waals surface area contributed by atoms with Crippen LogP contribution in [0.5, 0.6) is 0 Å². The van der Waals surface area contributed by atoms with Gasteiger partial charge in [0.15, 0.2) is 0 Å². The first-order valence-corrected chi connectivity index (χ1v) is 12.4. The van der Waals surface area contributed by atoms with Gasteiger partial charge in [0.2, 0.25) is 23.6 Å². The van der Waals surface area contributed by atoms with Crippen molar-refractivity contribution in [2.24, 2.45) is 11.5 Å². The fraction of sp³-hybridized carbons (Fsp3) is 0.360. The number of aliphatic carboxylic acids is 1. The Hall–Kier alpha value is -4.76. The Labute approximate surface area is 228 Å². The molecule has 0 fully saturated rings. The van der Waals surface area contributed by atoms with Gasteiger partial charge in [-0.3, -0.25) is 19.2 Å². The normalized spacial score (nSPS) is 14.1. The Morgan fingerprint density at radius 2 is 1.60 bits per heavy atom. The molecule has 0 aliphatic rings. The number of carbonyl (C=O) groups excluding carboxylic acids is 4. The van der Waals surface area contributed by atoms with Crippen molar-refractivity contribution in [2.75, 3.05) is 6.61 Å². The van der Waals surface area contributed by atoms with E-state index in [0.29, 0.717) is 11.3 Å². The minimum Gasteiger partial charge on any atom is -0.480 e. The molecule has 3 rings (SSSR count). The number of nitrogens with two attached hydrogens (primary N) is 2. The fourth-order valence-electron chi connectivity index (χ4n) is 4.02. The minimum absolute atomic E-state index is 0.0108. The third kappa shape index (κ3) is 8.12. The number of aromatic amines is 2. The Balaban J connectivity index is 1.83. The van der Waals surface area contributed by atoms with E-state index in [4.69, 9.17) is 16.6 Å². The van der Waals surface area contributed by atoms with E-state index in [1.807, 2.05) is 24.3 Å². The predicted octanol–water partition coefficient (Wildman–Crippen LogP) is -2.20. The van der Waals surface area contributed by atoms with Crippen molar-refractivity contribution in [3.05, 3.63) is 54.2 Å². The number of aliphatic hydroxyl groups is 1. The zero-order valence-corrected chi connectivity index (χ0v) is 21.4. The molecule has 0 aliphatic heterocycles. The van der Waals surface area contributed by atoms with Crippen LogP contribution in [0.4, 0.5) is 0 Å². The Bertz CT molecular complexity index is 1340. The second-order valence-corrected chi connectivity index (χ2v) is 9.16. The topological polar surface area (TPSA) is 258 Å². The van der Waals surface area contributed by atoms with Crippen molar-refractivity contribution in [3.63, 3.8) is 0 Å². The molecule has 2 aromatic heterocycles. The van der Waals surface area contributed by atoms with E-state index in [2.05, 4.69) is 30.9 Å². The maximum absolute atomic E-state index is 13.5. The largest absolute Gasteiger partial charge is 0.480 e. The van der Waals surface area contributed by atoms with Gasteiger partial charge in [0.05, 0.1) is 19.0 Å². The lowest BCUT2D eigenvalue weighted by atomic mass is 10.0. The molecule has 0 bridgehead atoms. The number of benzene rings is 1. The van der Waals surface area contributed by atoms with E-state index in [-0.39, 0.29) is 25.7 Å². The molecule has 40 heavy (non-hydrogen) atoms. The molecular formula is C25H32N8O7. The number of carboxylic acids is 1. The second kappa shape index (κ2) is 13.9. The number of H-pyrrole nitrogens is 2. The lowest BCUT2D eigenvalue weighted by Gasteiger charge is -2.25. The zero-order valence-electron chi connectivity index (χ0n) is 21.4. The molecule has 4 unspecified atom stereocenters. The SMILES string of the molecule is NC(=O)CCC(NC(=O)C(Cc1c[nH]c2ccccc12)NC(=O)C(N)Cc1cnc[nH]1)C(=O)NC(CO)C(=O)O. The molecule has 0 radical (unpaired) electrons. The summed E-state index contributed by atoms with van der Waals surface area (Å²) >= 11 is 0. The maximum atomic E-state index is 13.5. The van der Waals surface area contributed by atoms with Crippen LogP contribution < -0.4 is 27.4 Å². The molecule has 4 atom stereocenters. The van der Waals surface area contributed by atoms with Gasteiger partial charge in [-0.05, 0) is 18.1 Å². The molecule has 0 saturated heterocycles. The van der Waals surface area contributed by atoms with Crippen LogP contribution in [0.25, 0.3) is 10.9 Å². The third-order valence-corrected chi connectivity index (χ3v) is 6.17. The number of nitrogens with zero attached hydrogens (tertiary/aromatic N) is 1. The number of amides is 4. The van der Waals surface area contributed by atoms with Crippen molar-refractivity contribution >= 4 is 40.5 Å². The number of carbonyl (C=O) groups is 5. The monoisotopic (exact) mass is 556 g/mol. The smallest absolute Gasteiger partial charge is 0.328 e. The van der Waals surface area contributed by atoms with Crippen LogP contribution in [0.3, 0.4) is 0 Å². The summed E-state index contributed by atoms with van der Waals surface area (Å²) < 4.78 is 0. The number of fused-ring (bicyclic) bond motifs is 1. The lowest BCUT2D eigenvalue weighted by Crippen LogP contribution is -2.58. The highest BCUT2D eigenvalue weighted by Crippen LogP contribution is 2.19. The van der Waals surface area contributed by atoms with E-state index in [9.17, 15) is 29.1 Å². The molecule has 3 aromatic rings. The number of carboxylic acid groups (broad SMARTS) is 1. The van der Waals surface area contributed by atoms with Crippen LogP contribution >= 0.6 is 0 Å². The van der Waals surface area contributed by atoms with Crippen molar-refractivity contribution in [1.29, 1.82) is 0 Å². The molecule has 15 heteroatoms. The van der Waals surface area contributed by atoms with Crippen LogP contribution in [0.2, 0.25) is 0 Å². The van der Waals surface area contributed by atoms with Crippen LogP contribution in [0.15, 0.2) is 43.0 Å². The fourth-order valence-corrected chi connectivity index (χ4v) is 4.02. The van der Waals surface area contributed by atoms with E-state index in [1.165, 1.54) is 12.5 Å². The quantitative estimate of drug-likeness (QED) is 0.0982. The average molecular weight is 557 g/mol. The summed E-state index contributed by atoms with van der Waals surface area (Å²) in [4.78, 5) is 71.7. The number of aliphatic hydroxyl groups excluding tert-OH is 1. The van der Waals surface area contributed by atoms with Gasteiger partial charge in [-0.15, -0.1) is 0 Å². The highest BCUT2D eigenvalue weighted by Gasteiger charge is 2.31. The minimum atomic E-state index is -1.64. The number of rotatable bonds is 15. The van der Waals surface area contributed by atoms with Gasteiger partial charge in [-0.2, -0.15) is 0 Å². The molecule has 4 amide bonds. The van der Waals surface area contributed by atoms with Gasteiger partial charge in [0.1, 0.15) is 18.1 Å². The number of aromatic nitrogens is 3. The summed E-state index contributed by atoms with van der Waals surface area (Å²) in [6, 6.07) is 2.06. The average Bonchev–Trinajstić information content (AvgIpc) is 3.58. The van der Waals surface area contributed by atoms with Gasteiger partial charge in [0, 0.05) is 48.3 Å². The molecular weight excluding hydrogens is 524 g/mol. The third-order valence-electron chi connectivity index (χ3n) is 6.17. The standard InChI is InChI=1S/C25H32N8O7/c26-16(8-14-10-28-12-30-14)22(36)32-19(7-13-9-29-17-4-2-1-3-15(13)17)24(38)31-18(5-6-21(27)35)23(37)33-20(11-34)25(39)40/h1-4,9-10,12,16,18-20,29,34H,5-8,11,26H2,(H2,27,35)(H,28,30)(H,31,38)(H,32,36)(H,33,37)(H,39,40). The number of imidazole rings is 1. The van der Waals surface area contributed by atoms with Gasteiger partial charge >= 0.3 is 5.97 Å². The highest BCUT2D eigenvalue weighted by atomic mass is 16.4. The van der Waals surface area contributed by atoms with Crippen LogP contribution in [0.1, 0.15) is 24.1 Å². The van der Waals surface area contributed by atoms with E-state index >= 15 is 0 Å². The van der Waals surface area contributed by atoms with E-state index < -0.39 is 60.4 Å². The molecule has 15 nitrogen and oxygen atoms in total. The summed E-state index contributed by atoms with van der Waals surface area (Å²) in [6.07, 6.45) is 4.23. The first-order valence-electron chi connectivity index (χ1n) is 12.4. The first-order chi connectivity index (χ1) is 19.1. The van der Waals surface area contributed by atoms with Crippen molar-refractivity contribution < 1.29 is 34.2 Å². The summed E-state index contributed by atoms with van der Waals surface area (Å²) in [7, 11) is 0. The molecule has 2 heterocycles. The van der Waals surface area contributed by atoms with Crippen molar-refractivity contribution in [1.82, 2.24) is 30.9 Å². The first kappa shape index (κ1) is 29.8. The Kier molecular flexibility index (Phi) is 10.3. The molecule has 0 aliphatic carbocycles. The van der Waals surface area contributed by atoms with E-state index in [0.717, 1.165) is 10.9 Å². The van der Waals surface area contributed by atoms with Crippen molar-refractivity contribution in [3.8, 4) is 0 Å². The number of para-hydroxylation sites is 1. The Morgan fingerprint density at radius 1 is 0.925 bits per heavy atom. The second-order valence-electron chi connectivity index (χ2n) is 9.16.